The molecule has 0 spiro atoms. The maximum Gasteiger partial charge on any atom is 0.223 e. The maximum absolute atomic E-state index is 10.1. The number of fused-ring (bicyclic) bond motifs is 1. The summed E-state index contributed by atoms with van der Waals surface area (Å²) in [5.74, 6) is 0.0837. The summed E-state index contributed by atoms with van der Waals surface area (Å²) < 4.78 is 6.95. The molecule has 0 aromatic carbocycles. The fourth-order valence-corrected chi connectivity index (χ4v) is 2.87. The van der Waals surface area contributed by atoms with Crippen LogP contribution in [0.15, 0.2) is 11.4 Å². The Morgan fingerprint density at radius 3 is 2.76 bits per heavy atom. The van der Waals surface area contributed by atoms with Gasteiger partial charge in [-0.3, -0.25) is 4.57 Å². The molecule has 3 rings (SSSR count). The van der Waals surface area contributed by atoms with E-state index in [-0.39, 0.29) is 5.95 Å². The number of imidazole rings is 1. The Labute approximate surface area is 123 Å². The van der Waals surface area contributed by atoms with Crippen molar-refractivity contribution in [1.82, 2.24) is 19.5 Å². The van der Waals surface area contributed by atoms with Crippen LogP contribution >= 0.6 is 11.8 Å². The summed E-state index contributed by atoms with van der Waals surface area (Å²) in [6, 6.07) is 0. The molecule has 1 saturated heterocycles. The zero-order valence-electron chi connectivity index (χ0n) is 11.1. The number of rotatable bonds is 3. The SMILES string of the molecule is CSc1nc(N)nc2c1ncn2[C@H]1O[C@@H](CO)[C@@H](O)[C@H]1O. The molecule has 1 aliphatic heterocycles. The van der Waals surface area contributed by atoms with Crippen molar-refractivity contribution < 1.29 is 20.1 Å². The number of aliphatic hydroxyl groups excluding tert-OH is 3. The number of nitrogens with two attached hydrogens (primary N) is 1. The van der Waals surface area contributed by atoms with Gasteiger partial charge in [-0.1, -0.05) is 0 Å². The Bertz CT molecular complexity index is 665. The molecule has 1 fully saturated rings. The molecule has 0 unspecified atom stereocenters. The first-order valence-corrected chi connectivity index (χ1v) is 7.45. The van der Waals surface area contributed by atoms with E-state index in [1.807, 2.05) is 6.26 Å². The minimum Gasteiger partial charge on any atom is -0.394 e. The zero-order valence-corrected chi connectivity index (χ0v) is 11.9. The molecule has 3 heterocycles. The summed E-state index contributed by atoms with van der Waals surface area (Å²) in [5.41, 5.74) is 6.61. The van der Waals surface area contributed by atoms with Gasteiger partial charge in [-0.05, 0) is 6.26 Å². The van der Waals surface area contributed by atoms with Crippen molar-refractivity contribution in [3.63, 3.8) is 0 Å². The van der Waals surface area contributed by atoms with Crippen molar-refractivity contribution >= 4 is 28.9 Å². The second-order valence-corrected chi connectivity index (χ2v) is 5.44. The number of hydrogen-bond donors (Lipinski definition) is 4. The highest BCUT2D eigenvalue weighted by molar-refractivity contribution is 7.98. The van der Waals surface area contributed by atoms with E-state index in [4.69, 9.17) is 15.6 Å². The lowest BCUT2D eigenvalue weighted by molar-refractivity contribution is -0.0511. The molecule has 5 N–H and O–H groups in total. The van der Waals surface area contributed by atoms with Crippen LogP contribution in [0.3, 0.4) is 0 Å². The van der Waals surface area contributed by atoms with Crippen molar-refractivity contribution in [2.24, 2.45) is 0 Å². The maximum atomic E-state index is 10.1. The van der Waals surface area contributed by atoms with Crippen molar-refractivity contribution in [2.45, 2.75) is 29.6 Å². The van der Waals surface area contributed by atoms with Gasteiger partial charge in [0.15, 0.2) is 11.9 Å². The van der Waals surface area contributed by atoms with E-state index >= 15 is 0 Å². The third-order valence-corrected chi connectivity index (χ3v) is 4.06. The van der Waals surface area contributed by atoms with Crippen LogP contribution in [0.4, 0.5) is 5.95 Å². The van der Waals surface area contributed by atoms with E-state index in [1.54, 1.807) is 0 Å². The van der Waals surface area contributed by atoms with E-state index < -0.39 is 31.1 Å². The molecule has 0 saturated carbocycles. The van der Waals surface area contributed by atoms with Crippen LogP contribution in [0.1, 0.15) is 6.23 Å². The van der Waals surface area contributed by atoms with Crippen LogP contribution in [0, 0.1) is 0 Å². The topological polar surface area (TPSA) is 140 Å². The first-order valence-electron chi connectivity index (χ1n) is 6.23. The molecule has 114 valence electrons. The number of hydrogen-bond acceptors (Lipinski definition) is 9. The van der Waals surface area contributed by atoms with Gasteiger partial charge in [-0.25, -0.2) is 9.97 Å². The van der Waals surface area contributed by atoms with Crippen LogP contribution < -0.4 is 5.73 Å². The second-order valence-electron chi connectivity index (χ2n) is 4.64. The first kappa shape index (κ1) is 14.5. The minimum absolute atomic E-state index is 0.0837. The number of thioether (sulfide) groups is 1. The highest BCUT2D eigenvalue weighted by atomic mass is 32.2. The van der Waals surface area contributed by atoms with Gasteiger partial charge in [0.05, 0.1) is 12.9 Å². The molecule has 2 aromatic heterocycles. The van der Waals surface area contributed by atoms with Crippen LogP contribution in [-0.2, 0) is 4.74 Å². The van der Waals surface area contributed by atoms with Gasteiger partial charge in [0.25, 0.3) is 0 Å². The molecule has 0 amide bonds. The normalized spacial score (nSPS) is 29.3. The molecule has 0 aliphatic carbocycles. The van der Waals surface area contributed by atoms with Gasteiger partial charge in [0, 0.05) is 0 Å². The Kier molecular flexibility index (Phi) is 3.71. The number of nitrogens with zero attached hydrogens (tertiary/aromatic N) is 4. The Morgan fingerprint density at radius 2 is 2.14 bits per heavy atom. The summed E-state index contributed by atoms with van der Waals surface area (Å²) in [5, 5.41) is 29.6. The number of aromatic nitrogens is 4. The van der Waals surface area contributed by atoms with Gasteiger partial charge in [-0.2, -0.15) is 4.98 Å². The second kappa shape index (κ2) is 5.39. The summed E-state index contributed by atoms with van der Waals surface area (Å²) in [6.07, 6.45) is -0.858. The summed E-state index contributed by atoms with van der Waals surface area (Å²) in [4.78, 5) is 12.4. The van der Waals surface area contributed by atoms with Gasteiger partial charge in [0.1, 0.15) is 28.9 Å². The van der Waals surface area contributed by atoms with Gasteiger partial charge >= 0.3 is 0 Å². The molecule has 21 heavy (non-hydrogen) atoms. The van der Waals surface area contributed by atoms with Gasteiger partial charge in [0.2, 0.25) is 5.95 Å². The zero-order chi connectivity index (χ0) is 15.1. The van der Waals surface area contributed by atoms with E-state index in [0.717, 1.165) is 0 Å². The predicted molar refractivity (Wildman–Crippen MR) is 74.5 cm³/mol. The molecule has 0 bridgehead atoms. The fourth-order valence-electron chi connectivity index (χ4n) is 2.35. The molecule has 10 heteroatoms. The van der Waals surface area contributed by atoms with Crippen LogP contribution in [0.5, 0.6) is 0 Å². The standard InChI is InChI=1S/C11H15N5O4S/c1-21-9-5-8(14-11(12)15-9)16(3-13-5)10-7(19)6(18)4(2-17)20-10/h3-4,6-7,10,17-19H,2H2,1H3,(H2,12,14,15)/t4-,6+,7+,10-/m0/s1. The van der Waals surface area contributed by atoms with Crippen molar-refractivity contribution in [1.29, 1.82) is 0 Å². The Morgan fingerprint density at radius 1 is 1.38 bits per heavy atom. The average molecular weight is 313 g/mol. The fraction of sp³-hybridized carbons (Fsp3) is 0.545. The molecule has 2 aromatic rings. The third kappa shape index (κ3) is 2.24. The number of ether oxygens (including phenoxy) is 1. The molecular formula is C11H15N5O4S. The quantitative estimate of drug-likeness (QED) is 0.404. The Balaban J connectivity index is 2.07. The predicted octanol–water partition coefficient (Wildman–Crippen LogP) is -1.26. The number of anilines is 1. The minimum atomic E-state index is -1.20. The van der Waals surface area contributed by atoms with Crippen LogP contribution in [0.2, 0.25) is 0 Å². The summed E-state index contributed by atoms with van der Waals surface area (Å²) in [6.45, 7) is -0.394. The highest BCUT2D eigenvalue weighted by Gasteiger charge is 2.44. The molecular weight excluding hydrogens is 298 g/mol. The van der Waals surface area contributed by atoms with Crippen molar-refractivity contribution in [3.8, 4) is 0 Å². The van der Waals surface area contributed by atoms with E-state index in [1.165, 1.54) is 22.7 Å². The van der Waals surface area contributed by atoms with Gasteiger partial charge in [-0.15, -0.1) is 11.8 Å². The molecule has 0 radical (unpaired) electrons. The Hall–Kier alpha value is -1.46. The van der Waals surface area contributed by atoms with E-state index in [9.17, 15) is 10.2 Å². The lowest BCUT2D eigenvalue weighted by Gasteiger charge is -2.16. The monoisotopic (exact) mass is 313 g/mol. The van der Waals surface area contributed by atoms with Crippen molar-refractivity contribution in [3.05, 3.63) is 6.33 Å². The third-order valence-electron chi connectivity index (χ3n) is 3.39. The average Bonchev–Trinajstić information content (AvgIpc) is 3.01. The van der Waals surface area contributed by atoms with E-state index in [0.29, 0.717) is 16.2 Å². The van der Waals surface area contributed by atoms with Crippen molar-refractivity contribution in [2.75, 3.05) is 18.6 Å². The lowest BCUT2D eigenvalue weighted by Crippen LogP contribution is -2.33. The first-order chi connectivity index (χ1) is 10.1. The molecule has 1 aliphatic rings. The van der Waals surface area contributed by atoms with Crippen LogP contribution in [-0.4, -0.2) is 66.0 Å². The molecule has 9 nitrogen and oxygen atoms in total. The lowest BCUT2D eigenvalue weighted by atomic mass is 10.1. The summed E-state index contributed by atoms with van der Waals surface area (Å²) >= 11 is 1.38. The molecule has 4 atom stereocenters. The largest absolute Gasteiger partial charge is 0.394 e. The van der Waals surface area contributed by atoms with Crippen LogP contribution in [0.25, 0.3) is 11.2 Å². The highest BCUT2D eigenvalue weighted by Crippen LogP contribution is 2.32. The summed E-state index contributed by atoms with van der Waals surface area (Å²) in [7, 11) is 0. The number of nitrogen functional groups attached to an aromatic ring is 1. The van der Waals surface area contributed by atoms with E-state index in [2.05, 4.69) is 15.0 Å². The smallest absolute Gasteiger partial charge is 0.223 e. The number of aliphatic hydroxyl groups is 3. The van der Waals surface area contributed by atoms with Gasteiger partial charge < -0.3 is 25.8 Å².